The second kappa shape index (κ2) is 18.0. The van der Waals surface area contributed by atoms with Crippen LogP contribution in [0.25, 0.3) is 0 Å². The van der Waals surface area contributed by atoms with Crippen LogP contribution in [-0.2, 0) is 43.2 Å². The number of hydrogen-bond acceptors (Lipinski definition) is 11. The Kier molecular flexibility index (Phi) is 13.9. The fourth-order valence-electron chi connectivity index (χ4n) is 4.59. The van der Waals surface area contributed by atoms with Crippen LogP contribution in [0, 0.1) is 0 Å². The van der Waals surface area contributed by atoms with Crippen molar-refractivity contribution in [3.05, 3.63) is 89.5 Å². The van der Waals surface area contributed by atoms with Gasteiger partial charge in [-0.25, -0.2) is 4.79 Å². The standard InChI is InChI=1S/C33H39N5O11/c34-24(16-39)29(44)35-25(13-18-1-7-21(41)8-2-18)30(45)36-26(14-19-3-9-22(42)10-4-19)31(46)38-28(17-40)32(47)37-27(33(48)49)15-20-5-11-23(43)12-6-20/h1-12,24-28,39-43H,13-17,34H2,(H,35,44)(H,36,45)(H,37,47)(H,38,46)(H,48,49)/t24-,25-,26-,27-,28-/m0/s1. The molecule has 16 heteroatoms. The number of carbonyl (C=O) groups excluding carboxylic acids is 4. The number of carboxylic acid groups (broad SMARTS) is 1. The number of rotatable bonds is 17. The summed E-state index contributed by atoms with van der Waals surface area (Å²) in [4.78, 5) is 64.7. The molecule has 0 aliphatic rings. The van der Waals surface area contributed by atoms with Gasteiger partial charge in [0.05, 0.1) is 13.2 Å². The maximum Gasteiger partial charge on any atom is 0.326 e. The molecular weight excluding hydrogens is 642 g/mol. The third kappa shape index (κ3) is 11.8. The first-order valence-electron chi connectivity index (χ1n) is 15.0. The maximum atomic E-state index is 13.6. The smallest absolute Gasteiger partial charge is 0.326 e. The van der Waals surface area contributed by atoms with Crippen LogP contribution in [0.15, 0.2) is 72.8 Å². The summed E-state index contributed by atoms with van der Waals surface area (Å²) in [6.07, 6.45) is -0.490. The number of carbonyl (C=O) groups is 5. The molecule has 0 unspecified atom stereocenters. The highest BCUT2D eigenvalue weighted by Gasteiger charge is 2.32. The minimum absolute atomic E-state index is 0.0422. The predicted octanol–water partition coefficient (Wildman–Crippen LogP) is -1.83. The van der Waals surface area contributed by atoms with Crippen LogP contribution in [0.1, 0.15) is 16.7 Å². The summed E-state index contributed by atoms with van der Waals surface area (Å²) >= 11 is 0. The Hall–Kier alpha value is -5.71. The minimum Gasteiger partial charge on any atom is -0.508 e. The molecule has 4 amide bonds. The van der Waals surface area contributed by atoms with Crippen molar-refractivity contribution in [3.8, 4) is 17.2 Å². The highest BCUT2D eigenvalue weighted by Crippen LogP contribution is 2.15. The van der Waals surface area contributed by atoms with Gasteiger partial charge in [0.2, 0.25) is 23.6 Å². The van der Waals surface area contributed by atoms with Crippen molar-refractivity contribution in [2.75, 3.05) is 13.2 Å². The molecule has 0 heterocycles. The average molecular weight is 682 g/mol. The Morgan fingerprint density at radius 2 is 0.796 bits per heavy atom. The number of hydrogen-bond donors (Lipinski definition) is 11. The molecule has 0 aliphatic carbocycles. The largest absolute Gasteiger partial charge is 0.508 e. The number of carboxylic acids is 1. The van der Waals surface area contributed by atoms with E-state index in [0.29, 0.717) is 16.7 Å². The molecule has 0 fully saturated rings. The van der Waals surface area contributed by atoms with Crippen LogP contribution in [-0.4, -0.2) is 104 Å². The number of aliphatic hydroxyl groups is 2. The minimum atomic E-state index is -1.65. The van der Waals surface area contributed by atoms with Crippen LogP contribution in [0.2, 0.25) is 0 Å². The van der Waals surface area contributed by atoms with Gasteiger partial charge in [-0.2, -0.15) is 0 Å². The third-order valence-corrected chi connectivity index (χ3v) is 7.36. The van der Waals surface area contributed by atoms with E-state index in [1.165, 1.54) is 72.8 Å². The molecule has 262 valence electrons. The molecule has 3 aromatic rings. The van der Waals surface area contributed by atoms with Crippen LogP contribution in [0.5, 0.6) is 17.2 Å². The molecule has 0 spiro atoms. The molecule has 0 saturated carbocycles. The van der Waals surface area contributed by atoms with Gasteiger partial charge in [0.25, 0.3) is 0 Å². The monoisotopic (exact) mass is 681 g/mol. The Bertz CT molecular complexity index is 1580. The van der Waals surface area contributed by atoms with Gasteiger partial charge in [-0.1, -0.05) is 36.4 Å². The lowest BCUT2D eigenvalue weighted by molar-refractivity contribution is -0.142. The lowest BCUT2D eigenvalue weighted by Gasteiger charge is -2.26. The van der Waals surface area contributed by atoms with Crippen molar-refractivity contribution in [2.45, 2.75) is 49.5 Å². The summed E-state index contributed by atoms with van der Waals surface area (Å²) in [7, 11) is 0. The molecule has 0 saturated heterocycles. The number of amides is 4. The van der Waals surface area contributed by atoms with E-state index in [-0.39, 0.29) is 36.5 Å². The van der Waals surface area contributed by atoms with Crippen LogP contribution in [0.3, 0.4) is 0 Å². The number of phenols is 3. The second-order valence-corrected chi connectivity index (χ2v) is 11.2. The lowest BCUT2D eigenvalue weighted by Crippen LogP contribution is -2.60. The molecular formula is C33H39N5O11. The second-order valence-electron chi connectivity index (χ2n) is 11.2. The van der Waals surface area contributed by atoms with Crippen molar-refractivity contribution in [1.29, 1.82) is 0 Å². The Balaban J connectivity index is 1.83. The highest BCUT2D eigenvalue weighted by atomic mass is 16.4. The van der Waals surface area contributed by atoms with Crippen molar-refractivity contribution in [2.24, 2.45) is 5.73 Å². The lowest BCUT2D eigenvalue weighted by atomic mass is 10.0. The van der Waals surface area contributed by atoms with Gasteiger partial charge < -0.3 is 57.6 Å². The molecule has 0 aromatic heterocycles. The van der Waals surface area contributed by atoms with Crippen molar-refractivity contribution in [1.82, 2.24) is 21.3 Å². The fraction of sp³-hybridized carbons (Fsp3) is 0.303. The topological polar surface area (TPSA) is 281 Å². The van der Waals surface area contributed by atoms with E-state index in [9.17, 15) is 54.6 Å². The SMILES string of the molecule is N[C@@H](CO)C(=O)N[C@@H](Cc1ccc(O)cc1)C(=O)N[C@@H](Cc1ccc(O)cc1)C(=O)N[C@@H](CO)C(=O)N[C@@H](Cc1ccc(O)cc1)C(=O)O. The van der Waals surface area contributed by atoms with Crippen molar-refractivity contribution < 1.29 is 54.6 Å². The molecule has 0 radical (unpaired) electrons. The number of nitrogens with two attached hydrogens (primary N) is 1. The van der Waals surface area contributed by atoms with Gasteiger partial charge >= 0.3 is 5.97 Å². The van der Waals surface area contributed by atoms with E-state index in [2.05, 4.69) is 21.3 Å². The van der Waals surface area contributed by atoms with Crippen LogP contribution >= 0.6 is 0 Å². The molecule has 0 aliphatic heterocycles. The molecule has 16 nitrogen and oxygen atoms in total. The summed E-state index contributed by atoms with van der Waals surface area (Å²) in [6.45, 7) is -1.66. The number of benzene rings is 3. The fourth-order valence-corrected chi connectivity index (χ4v) is 4.59. The van der Waals surface area contributed by atoms with Gasteiger partial charge in [-0.15, -0.1) is 0 Å². The van der Waals surface area contributed by atoms with Gasteiger partial charge in [0.15, 0.2) is 0 Å². The average Bonchev–Trinajstić information content (AvgIpc) is 3.08. The third-order valence-electron chi connectivity index (χ3n) is 7.36. The van der Waals surface area contributed by atoms with E-state index in [0.717, 1.165) is 0 Å². The first kappa shape index (κ1) is 37.7. The number of aliphatic carboxylic acids is 1. The zero-order valence-corrected chi connectivity index (χ0v) is 26.2. The molecule has 5 atom stereocenters. The van der Waals surface area contributed by atoms with Gasteiger partial charge in [-0.3, -0.25) is 19.2 Å². The maximum absolute atomic E-state index is 13.6. The van der Waals surface area contributed by atoms with Gasteiger partial charge in [0.1, 0.15) is 47.5 Å². The van der Waals surface area contributed by atoms with Crippen LogP contribution in [0.4, 0.5) is 0 Å². The van der Waals surface area contributed by atoms with E-state index in [1.807, 2.05) is 0 Å². The summed E-state index contributed by atoms with van der Waals surface area (Å²) in [5.41, 5.74) is 7.07. The molecule has 49 heavy (non-hydrogen) atoms. The van der Waals surface area contributed by atoms with Crippen molar-refractivity contribution >= 4 is 29.6 Å². The Morgan fingerprint density at radius 3 is 1.14 bits per heavy atom. The molecule has 3 rings (SSSR count). The Labute approximate surface area is 280 Å². The van der Waals surface area contributed by atoms with Crippen LogP contribution < -0.4 is 27.0 Å². The first-order valence-corrected chi connectivity index (χ1v) is 15.0. The zero-order chi connectivity index (χ0) is 36.1. The molecule has 0 bridgehead atoms. The van der Waals surface area contributed by atoms with E-state index >= 15 is 0 Å². The highest BCUT2D eigenvalue weighted by molar-refractivity contribution is 5.95. The van der Waals surface area contributed by atoms with Gasteiger partial charge in [-0.05, 0) is 53.1 Å². The quantitative estimate of drug-likeness (QED) is 0.0750. The summed E-state index contributed by atoms with van der Waals surface area (Å²) in [5, 5.41) is 67.4. The number of aromatic hydroxyl groups is 3. The summed E-state index contributed by atoms with van der Waals surface area (Å²) in [5.74, 6) is -5.27. The number of aliphatic hydroxyl groups excluding tert-OH is 2. The molecule has 3 aromatic carbocycles. The molecule has 12 N–H and O–H groups in total. The summed E-state index contributed by atoms with van der Waals surface area (Å²) in [6, 6.07) is 9.77. The number of phenolic OH excluding ortho intramolecular Hbond substituents is 3. The zero-order valence-electron chi connectivity index (χ0n) is 26.2. The summed E-state index contributed by atoms with van der Waals surface area (Å²) < 4.78 is 0. The normalized spacial score (nSPS) is 13.9. The van der Waals surface area contributed by atoms with E-state index in [1.54, 1.807) is 0 Å². The van der Waals surface area contributed by atoms with Crippen molar-refractivity contribution in [3.63, 3.8) is 0 Å². The van der Waals surface area contributed by atoms with E-state index < -0.39 is 73.0 Å². The van der Waals surface area contributed by atoms with E-state index in [4.69, 9.17) is 5.73 Å². The first-order chi connectivity index (χ1) is 23.3. The van der Waals surface area contributed by atoms with Gasteiger partial charge in [0, 0.05) is 19.3 Å². The Morgan fingerprint density at radius 1 is 0.490 bits per heavy atom. The number of nitrogens with one attached hydrogen (secondary N) is 4. The predicted molar refractivity (Wildman–Crippen MR) is 173 cm³/mol.